The molecular weight excluding hydrogens is 558 g/mol. The summed E-state index contributed by atoms with van der Waals surface area (Å²) >= 11 is 6.38. The molecular formula is C28H48ClN3O5S2. The van der Waals surface area contributed by atoms with Crippen LogP contribution in [0, 0.1) is 19.8 Å². The number of hydrogen-bond acceptors (Lipinski definition) is 7. The lowest BCUT2D eigenvalue weighted by Gasteiger charge is -2.57. The minimum atomic E-state index is -2.36. The lowest BCUT2D eigenvalue weighted by molar-refractivity contribution is 0.0557. The van der Waals surface area contributed by atoms with Gasteiger partial charge in [-0.3, -0.25) is 13.3 Å². The quantitative estimate of drug-likeness (QED) is 0.239. The van der Waals surface area contributed by atoms with Gasteiger partial charge in [0.15, 0.2) is 5.65 Å². The Morgan fingerprint density at radius 3 is 2.31 bits per heavy atom. The number of fused-ring (bicyclic) bond motifs is 1. The van der Waals surface area contributed by atoms with E-state index in [2.05, 4.69) is 41.6 Å². The van der Waals surface area contributed by atoms with Crippen LogP contribution < -0.4 is 4.74 Å². The number of pyridine rings is 1. The molecule has 2 aromatic heterocycles. The Morgan fingerprint density at radius 1 is 1.13 bits per heavy atom. The molecule has 1 aliphatic heterocycles. The van der Waals surface area contributed by atoms with Crippen molar-refractivity contribution in [2.75, 3.05) is 44.3 Å². The Bertz CT molecular complexity index is 1100. The summed E-state index contributed by atoms with van der Waals surface area (Å²) in [4.78, 5) is 9.20. The summed E-state index contributed by atoms with van der Waals surface area (Å²) in [5.41, 5.74) is 2.07. The molecule has 3 heterocycles. The van der Waals surface area contributed by atoms with Gasteiger partial charge >= 0.3 is 6.01 Å². The SMILES string of the molecule is C#C.Cc1nc2nc(O[C@@H]3CO[C@H](COS(O)(C(C)(C)C)C(C)(C)C)C3)n(COCCS(C)(C)C)c2cc1Cl. The lowest BCUT2D eigenvalue weighted by atomic mass is 10.2. The zero-order chi connectivity index (χ0) is 29.8. The fourth-order valence-electron chi connectivity index (χ4n) is 4.24. The zero-order valence-corrected chi connectivity index (χ0v) is 27.6. The van der Waals surface area contributed by atoms with Gasteiger partial charge in [-0.2, -0.15) is 15.6 Å². The molecule has 1 saturated heterocycles. The maximum Gasteiger partial charge on any atom is 0.301 e. The molecule has 11 heteroatoms. The van der Waals surface area contributed by atoms with E-state index in [1.54, 1.807) is 0 Å². The van der Waals surface area contributed by atoms with E-state index in [1.165, 1.54) is 0 Å². The van der Waals surface area contributed by atoms with Gasteiger partial charge in [0, 0.05) is 12.2 Å². The van der Waals surface area contributed by atoms with Gasteiger partial charge in [0.25, 0.3) is 0 Å². The van der Waals surface area contributed by atoms with Crippen molar-refractivity contribution in [3.63, 3.8) is 0 Å². The minimum absolute atomic E-state index is 0.174. The Morgan fingerprint density at radius 2 is 1.74 bits per heavy atom. The van der Waals surface area contributed by atoms with Gasteiger partial charge in [-0.05, 0) is 73.3 Å². The second-order valence-corrected chi connectivity index (χ2v) is 21.3. The molecule has 0 bridgehead atoms. The Labute approximate surface area is 243 Å². The van der Waals surface area contributed by atoms with Gasteiger partial charge in [0.05, 0.1) is 51.7 Å². The minimum Gasteiger partial charge on any atom is -0.459 e. The van der Waals surface area contributed by atoms with Crippen LogP contribution in [0.3, 0.4) is 0 Å². The third-order valence-electron chi connectivity index (χ3n) is 6.30. The van der Waals surface area contributed by atoms with Gasteiger partial charge in [-0.25, -0.2) is 15.0 Å². The molecule has 0 aromatic carbocycles. The molecule has 2 atom stereocenters. The van der Waals surface area contributed by atoms with Crippen molar-refractivity contribution < 1.29 is 22.9 Å². The smallest absolute Gasteiger partial charge is 0.301 e. The number of nitrogens with zero attached hydrogens (tertiary/aromatic N) is 3. The molecule has 1 fully saturated rings. The summed E-state index contributed by atoms with van der Waals surface area (Å²) in [6.07, 6.45) is 15.1. The van der Waals surface area contributed by atoms with Crippen LogP contribution in [0.1, 0.15) is 53.7 Å². The summed E-state index contributed by atoms with van der Waals surface area (Å²) in [7, 11) is -3.01. The largest absolute Gasteiger partial charge is 0.459 e. The summed E-state index contributed by atoms with van der Waals surface area (Å²) in [5.74, 6) is 1.02. The summed E-state index contributed by atoms with van der Waals surface area (Å²) in [6.45, 7) is 15.7. The first-order valence-corrected chi connectivity index (χ1v) is 17.9. The average Bonchev–Trinajstić information content (AvgIpc) is 3.39. The molecule has 39 heavy (non-hydrogen) atoms. The van der Waals surface area contributed by atoms with Crippen molar-refractivity contribution in [3.8, 4) is 18.9 Å². The molecule has 0 radical (unpaired) electrons. The van der Waals surface area contributed by atoms with Gasteiger partial charge in [-0.1, -0.05) is 11.6 Å². The normalized spacial score (nSPS) is 19.5. The number of imidazole rings is 1. The maximum absolute atomic E-state index is 11.5. The van der Waals surface area contributed by atoms with Crippen molar-refractivity contribution in [2.45, 2.75) is 83.3 Å². The van der Waals surface area contributed by atoms with E-state index in [9.17, 15) is 4.55 Å². The third-order valence-corrected chi connectivity index (χ3v) is 11.9. The standard InChI is InChI=1S/C26H46ClN3O5S2.C2H2/c1-18-21(27)14-22-23(28-18)29-24(30(22)17-32-11-12-36(8,9)10)35-20-13-19(33-15-20)16-34-37(31,25(2,3)4)26(5,6)7;1-2/h14,19-20,31H,11-13,15-17H2,1-10H3;1-2H/t19-,20-;/m0./s1. The number of terminal acetylenes is 1. The molecule has 8 nitrogen and oxygen atoms in total. The highest BCUT2D eigenvalue weighted by molar-refractivity contribution is 8.32. The van der Waals surface area contributed by atoms with Crippen LogP contribution in [0.5, 0.6) is 6.01 Å². The first-order chi connectivity index (χ1) is 17.9. The Balaban J connectivity index is 0.00000260. The average molecular weight is 606 g/mol. The lowest BCUT2D eigenvalue weighted by Crippen LogP contribution is -2.40. The molecule has 224 valence electrons. The molecule has 1 aliphatic rings. The predicted molar refractivity (Wildman–Crippen MR) is 168 cm³/mol. The molecule has 0 amide bonds. The number of aryl methyl sites for hydroxylation is 1. The molecule has 0 aliphatic carbocycles. The number of ether oxygens (including phenoxy) is 3. The van der Waals surface area contributed by atoms with E-state index in [0.717, 1.165) is 17.0 Å². The van der Waals surface area contributed by atoms with Crippen LogP contribution in [0.2, 0.25) is 5.02 Å². The number of aromatic nitrogens is 3. The number of halogens is 1. The zero-order valence-electron chi connectivity index (χ0n) is 25.2. The monoisotopic (exact) mass is 605 g/mol. The molecule has 0 spiro atoms. The maximum atomic E-state index is 11.5. The van der Waals surface area contributed by atoms with Gasteiger partial charge in [-0.15, -0.1) is 12.8 Å². The first-order valence-electron chi connectivity index (χ1n) is 13.0. The van der Waals surface area contributed by atoms with Crippen molar-refractivity contribution in [1.82, 2.24) is 14.5 Å². The van der Waals surface area contributed by atoms with Crippen molar-refractivity contribution >= 4 is 43.4 Å². The predicted octanol–water partition coefficient (Wildman–Crippen LogP) is 6.65. The second kappa shape index (κ2) is 13.2. The molecule has 0 unspecified atom stereocenters. The summed E-state index contributed by atoms with van der Waals surface area (Å²) < 4.78 is 37.2. The highest BCUT2D eigenvalue weighted by Crippen LogP contribution is 2.65. The van der Waals surface area contributed by atoms with E-state index in [0.29, 0.717) is 49.7 Å². The van der Waals surface area contributed by atoms with Gasteiger partial charge < -0.3 is 14.2 Å². The van der Waals surface area contributed by atoms with Crippen LogP contribution in [-0.4, -0.2) is 85.1 Å². The molecule has 1 N–H and O–H groups in total. The Kier molecular flexibility index (Phi) is 11.5. The van der Waals surface area contributed by atoms with Crippen LogP contribution >= 0.6 is 32.2 Å². The van der Waals surface area contributed by atoms with Crippen LogP contribution in [0.25, 0.3) is 11.2 Å². The number of hydrogen-bond donors (Lipinski definition) is 1. The van der Waals surface area contributed by atoms with E-state index >= 15 is 0 Å². The molecule has 0 saturated carbocycles. The van der Waals surface area contributed by atoms with Crippen molar-refractivity contribution in [2.24, 2.45) is 0 Å². The second-order valence-electron chi connectivity index (χ2n) is 12.5. The highest BCUT2D eigenvalue weighted by Gasteiger charge is 2.43. The van der Waals surface area contributed by atoms with E-state index < -0.39 is 20.6 Å². The van der Waals surface area contributed by atoms with Crippen LogP contribution in [-0.2, 0) is 20.4 Å². The number of rotatable bonds is 10. The fraction of sp³-hybridized carbons (Fsp3) is 0.714. The van der Waals surface area contributed by atoms with Crippen molar-refractivity contribution in [1.29, 1.82) is 0 Å². The topological polar surface area (TPSA) is 87.9 Å². The summed E-state index contributed by atoms with van der Waals surface area (Å²) in [5, 5.41) is 0.577. The van der Waals surface area contributed by atoms with E-state index in [-0.39, 0.29) is 21.7 Å². The highest BCUT2D eigenvalue weighted by atomic mass is 35.5. The van der Waals surface area contributed by atoms with E-state index in [4.69, 9.17) is 30.0 Å². The fourth-order valence-corrected chi connectivity index (χ4v) is 7.90. The van der Waals surface area contributed by atoms with Crippen LogP contribution in [0.4, 0.5) is 0 Å². The van der Waals surface area contributed by atoms with Crippen LogP contribution in [0.15, 0.2) is 6.07 Å². The Hall–Kier alpha value is -1.19. The van der Waals surface area contributed by atoms with E-state index in [1.807, 2.05) is 59.1 Å². The third kappa shape index (κ3) is 8.65. The van der Waals surface area contributed by atoms with Gasteiger partial charge in [0.2, 0.25) is 0 Å². The molecule has 3 rings (SSSR count). The van der Waals surface area contributed by atoms with Gasteiger partial charge in [0.1, 0.15) is 12.8 Å². The molecule has 2 aromatic rings. The first kappa shape index (κ1) is 34.0. The van der Waals surface area contributed by atoms with Crippen molar-refractivity contribution in [3.05, 3.63) is 16.8 Å². The summed E-state index contributed by atoms with van der Waals surface area (Å²) in [6, 6.07) is 2.30.